The number of aromatic carboxylic acids is 1. The highest BCUT2D eigenvalue weighted by Crippen LogP contribution is 2.49. The summed E-state index contributed by atoms with van der Waals surface area (Å²) in [5.74, 6) is -1.57. The van der Waals surface area contributed by atoms with Gasteiger partial charge in [0.1, 0.15) is 6.04 Å². The second-order valence-electron chi connectivity index (χ2n) is 10.9. The second-order valence-corrected chi connectivity index (χ2v) is 11.3. The van der Waals surface area contributed by atoms with Crippen LogP contribution in [0.1, 0.15) is 46.3 Å². The lowest BCUT2D eigenvalue weighted by atomic mass is 9.90. The smallest absolute Gasteiger partial charge is 0.412 e. The molecule has 0 bridgehead atoms. The summed E-state index contributed by atoms with van der Waals surface area (Å²) >= 11 is 6.27. The first kappa shape index (κ1) is 26.8. The molecule has 1 spiro atoms. The van der Waals surface area contributed by atoms with Crippen LogP contribution in [0.4, 0.5) is 10.5 Å². The van der Waals surface area contributed by atoms with E-state index in [0.717, 1.165) is 11.1 Å². The summed E-state index contributed by atoms with van der Waals surface area (Å²) < 4.78 is 5.79. The van der Waals surface area contributed by atoms with Gasteiger partial charge in [0.15, 0.2) is 5.60 Å². The molecule has 1 aliphatic carbocycles. The molecule has 2 heterocycles. The highest BCUT2D eigenvalue weighted by molar-refractivity contribution is 6.30. The number of anilines is 1. The van der Waals surface area contributed by atoms with Gasteiger partial charge in [0.25, 0.3) is 0 Å². The number of nitrogens with zero attached hydrogens (tertiary/aromatic N) is 1. The van der Waals surface area contributed by atoms with Crippen molar-refractivity contribution >= 4 is 41.2 Å². The number of carboxylic acids is 1. The van der Waals surface area contributed by atoms with Crippen molar-refractivity contribution < 1.29 is 29.0 Å². The highest BCUT2D eigenvalue weighted by Gasteiger charge is 2.53. The van der Waals surface area contributed by atoms with E-state index in [4.69, 9.17) is 16.3 Å². The van der Waals surface area contributed by atoms with Crippen molar-refractivity contribution in [2.24, 2.45) is 0 Å². The summed E-state index contributed by atoms with van der Waals surface area (Å²) in [6.07, 6.45) is 1.29. The number of hydrogen-bond acceptors (Lipinski definition) is 5. The zero-order valence-electron chi connectivity index (χ0n) is 22.1. The molecule has 3 aromatic rings. The molecule has 1 saturated carbocycles. The Bertz CT molecular complexity index is 1540. The number of rotatable bonds is 7. The molecule has 1 saturated heterocycles. The second kappa shape index (κ2) is 10.2. The van der Waals surface area contributed by atoms with Crippen molar-refractivity contribution in [2.75, 3.05) is 18.4 Å². The van der Waals surface area contributed by atoms with Crippen LogP contribution < -0.4 is 10.6 Å². The van der Waals surface area contributed by atoms with E-state index in [9.17, 15) is 24.3 Å². The van der Waals surface area contributed by atoms with Gasteiger partial charge in [-0.15, -0.1) is 0 Å². The predicted molar refractivity (Wildman–Crippen MR) is 151 cm³/mol. The van der Waals surface area contributed by atoms with Crippen LogP contribution in [0, 0.1) is 0 Å². The van der Waals surface area contributed by atoms with Gasteiger partial charge in [-0.2, -0.15) is 0 Å². The standard InChI is InChI=1S/C31H28ClN3O6/c32-22-10-11-24-23(17-22)31(41-29(40)34-24)14-15-35(18-31)26(36)25(16-19-4-2-1-3-5-19)33-28(39)30(12-13-30)21-8-6-20(7-9-21)27(37)38/h1-11,17,25H,12-16,18H2,(H,33,39)(H,34,40)(H,37,38)/t25-,31?/m0/s1. The van der Waals surface area contributed by atoms with Gasteiger partial charge in [-0.3, -0.25) is 14.9 Å². The van der Waals surface area contributed by atoms with E-state index in [1.807, 2.05) is 30.3 Å². The maximum atomic E-state index is 14.0. The van der Waals surface area contributed by atoms with Crippen LogP contribution in [0.2, 0.25) is 5.02 Å². The Kier molecular flexibility index (Phi) is 6.69. The zero-order chi connectivity index (χ0) is 28.8. The number of benzene rings is 3. The number of fused-ring (bicyclic) bond motifs is 2. The van der Waals surface area contributed by atoms with Crippen molar-refractivity contribution in [3.8, 4) is 0 Å². The Labute approximate surface area is 241 Å². The van der Waals surface area contributed by atoms with E-state index in [1.54, 1.807) is 35.2 Å². The molecule has 3 amide bonds. The molecule has 2 aliphatic heterocycles. The molecule has 2 atom stereocenters. The molecular weight excluding hydrogens is 546 g/mol. The molecule has 210 valence electrons. The minimum atomic E-state index is -1.04. The van der Waals surface area contributed by atoms with Crippen molar-refractivity contribution in [1.29, 1.82) is 0 Å². The highest BCUT2D eigenvalue weighted by atomic mass is 35.5. The molecule has 41 heavy (non-hydrogen) atoms. The first-order valence-electron chi connectivity index (χ1n) is 13.5. The van der Waals surface area contributed by atoms with Gasteiger partial charge in [-0.1, -0.05) is 54.1 Å². The number of carbonyl (C=O) groups excluding carboxylic acids is 3. The lowest BCUT2D eigenvalue weighted by molar-refractivity contribution is -0.137. The SMILES string of the molecule is O=C1Nc2ccc(Cl)cc2C2(CCN(C(=O)[C@H](Cc3ccccc3)NC(=O)C3(c4ccc(C(=O)O)cc4)CC3)C2)O1. The molecule has 3 N–H and O–H groups in total. The van der Waals surface area contributed by atoms with Gasteiger partial charge in [0.05, 0.1) is 23.2 Å². The summed E-state index contributed by atoms with van der Waals surface area (Å²) in [6.45, 7) is 0.469. The van der Waals surface area contributed by atoms with Crippen LogP contribution in [0.25, 0.3) is 0 Å². The first-order chi connectivity index (χ1) is 19.7. The summed E-state index contributed by atoms with van der Waals surface area (Å²) in [5, 5.41) is 15.5. The van der Waals surface area contributed by atoms with Crippen LogP contribution in [0.15, 0.2) is 72.8 Å². The van der Waals surface area contributed by atoms with Crippen molar-refractivity contribution in [3.05, 3.63) is 100 Å². The molecule has 0 aromatic heterocycles. The quantitative estimate of drug-likeness (QED) is 0.382. The lowest BCUT2D eigenvalue weighted by Crippen LogP contribution is -2.52. The Morgan fingerprint density at radius 3 is 2.44 bits per heavy atom. The van der Waals surface area contributed by atoms with Gasteiger partial charge in [0.2, 0.25) is 11.8 Å². The number of ether oxygens (including phenoxy) is 1. The number of carboxylic acid groups (broad SMARTS) is 1. The molecule has 2 fully saturated rings. The Balaban J connectivity index is 1.25. The van der Waals surface area contributed by atoms with Crippen LogP contribution in [0.3, 0.4) is 0 Å². The predicted octanol–water partition coefficient (Wildman–Crippen LogP) is 4.49. The number of likely N-dealkylation sites (tertiary alicyclic amines) is 1. The van der Waals surface area contributed by atoms with Crippen molar-refractivity contribution in [3.63, 3.8) is 0 Å². The van der Waals surface area contributed by atoms with Crippen molar-refractivity contribution in [1.82, 2.24) is 10.2 Å². The van der Waals surface area contributed by atoms with E-state index in [0.29, 0.717) is 42.1 Å². The average molecular weight is 574 g/mol. The Hall–Kier alpha value is -4.37. The fourth-order valence-corrected chi connectivity index (χ4v) is 6.09. The van der Waals surface area contributed by atoms with Gasteiger partial charge in [-0.05, 0) is 54.3 Å². The summed E-state index contributed by atoms with van der Waals surface area (Å²) in [5.41, 5.74) is 1.22. The van der Waals surface area contributed by atoms with E-state index >= 15 is 0 Å². The lowest BCUT2D eigenvalue weighted by Gasteiger charge is -2.36. The summed E-state index contributed by atoms with van der Waals surface area (Å²) in [7, 11) is 0. The van der Waals surface area contributed by atoms with Gasteiger partial charge in [0, 0.05) is 30.0 Å². The molecule has 1 unspecified atom stereocenters. The zero-order valence-corrected chi connectivity index (χ0v) is 22.8. The molecule has 3 aliphatic rings. The minimum absolute atomic E-state index is 0.134. The largest absolute Gasteiger partial charge is 0.478 e. The molecule has 0 radical (unpaired) electrons. The van der Waals surface area contributed by atoms with Crippen LogP contribution in [-0.4, -0.2) is 53.0 Å². The maximum absolute atomic E-state index is 14.0. The van der Waals surface area contributed by atoms with Gasteiger partial charge < -0.3 is 20.1 Å². The molecule has 6 rings (SSSR count). The van der Waals surface area contributed by atoms with Crippen LogP contribution in [-0.2, 0) is 31.8 Å². The van der Waals surface area contributed by atoms with Crippen LogP contribution in [0.5, 0.6) is 0 Å². The van der Waals surface area contributed by atoms with Crippen molar-refractivity contribution in [2.45, 2.75) is 42.7 Å². The number of halogens is 1. The van der Waals surface area contributed by atoms with Crippen LogP contribution >= 0.6 is 11.6 Å². The fourth-order valence-electron chi connectivity index (χ4n) is 5.91. The van der Waals surface area contributed by atoms with E-state index in [2.05, 4.69) is 10.6 Å². The molecule has 9 nitrogen and oxygen atoms in total. The third-order valence-electron chi connectivity index (χ3n) is 8.30. The molecule has 10 heteroatoms. The monoisotopic (exact) mass is 573 g/mol. The molecule has 3 aromatic carbocycles. The Morgan fingerprint density at radius 1 is 1.02 bits per heavy atom. The maximum Gasteiger partial charge on any atom is 0.412 e. The molecular formula is C31H28ClN3O6. The topological polar surface area (TPSA) is 125 Å². The average Bonchev–Trinajstić information content (AvgIpc) is 3.68. The summed E-state index contributed by atoms with van der Waals surface area (Å²) in [4.78, 5) is 53.1. The van der Waals surface area contributed by atoms with E-state index < -0.39 is 29.1 Å². The number of amides is 3. The van der Waals surface area contributed by atoms with E-state index in [1.165, 1.54) is 12.1 Å². The van der Waals surface area contributed by atoms with Gasteiger partial charge >= 0.3 is 12.1 Å². The number of carbonyl (C=O) groups is 4. The van der Waals surface area contributed by atoms with Gasteiger partial charge in [-0.25, -0.2) is 9.59 Å². The number of hydrogen-bond donors (Lipinski definition) is 3. The third kappa shape index (κ3) is 5.02. The fraction of sp³-hybridized carbons (Fsp3) is 0.290. The minimum Gasteiger partial charge on any atom is -0.478 e. The van der Waals surface area contributed by atoms with E-state index in [-0.39, 0.29) is 30.3 Å². The first-order valence-corrected chi connectivity index (χ1v) is 13.8. The number of nitrogens with one attached hydrogen (secondary N) is 2. The summed E-state index contributed by atoms with van der Waals surface area (Å²) in [6, 6.07) is 20.1. The Morgan fingerprint density at radius 2 is 1.76 bits per heavy atom. The normalized spacial score (nSPS) is 20.9. The third-order valence-corrected chi connectivity index (χ3v) is 8.53.